The molecule has 116 valence electrons. The molecule has 1 aromatic heterocycles. The maximum absolute atomic E-state index is 12.9. The molecule has 1 fully saturated rings. The molecule has 0 spiro atoms. The largest absolute Gasteiger partial charge is 0.338 e. The van der Waals surface area contributed by atoms with Crippen LogP contribution in [0.2, 0.25) is 0 Å². The molecule has 1 amide bonds. The first-order chi connectivity index (χ1) is 10.7. The monoisotopic (exact) mass is 300 g/mol. The van der Waals surface area contributed by atoms with Crippen LogP contribution in [0.25, 0.3) is 5.69 Å². The Bertz CT molecular complexity index is 639. The Balaban J connectivity index is 1.87. The molecule has 22 heavy (non-hydrogen) atoms. The number of nitrogens with two attached hydrogens (primary N) is 1. The van der Waals surface area contributed by atoms with Gasteiger partial charge in [-0.3, -0.25) is 4.79 Å². The van der Waals surface area contributed by atoms with Gasteiger partial charge in [0.25, 0.3) is 5.91 Å². The lowest BCUT2D eigenvalue weighted by molar-refractivity contribution is 0.0661. The molecule has 1 aliphatic rings. The van der Waals surface area contributed by atoms with Crippen molar-refractivity contribution in [3.63, 3.8) is 0 Å². The summed E-state index contributed by atoms with van der Waals surface area (Å²) in [6, 6.07) is 7.49. The number of hydrogen-bond acceptors (Lipinski definition) is 5. The Morgan fingerprint density at radius 3 is 2.95 bits per heavy atom. The second-order valence-electron chi connectivity index (χ2n) is 5.78. The van der Waals surface area contributed by atoms with Gasteiger partial charge in [-0.2, -0.15) is 4.68 Å². The summed E-state index contributed by atoms with van der Waals surface area (Å²) < 4.78 is 1.51. The van der Waals surface area contributed by atoms with E-state index in [0.717, 1.165) is 19.4 Å². The highest BCUT2D eigenvalue weighted by atomic mass is 16.2. The predicted molar refractivity (Wildman–Crippen MR) is 81.4 cm³/mol. The van der Waals surface area contributed by atoms with Crippen LogP contribution in [0.5, 0.6) is 0 Å². The van der Waals surface area contributed by atoms with Crippen molar-refractivity contribution in [2.24, 2.45) is 11.7 Å². The molecular weight excluding hydrogens is 280 g/mol. The number of piperidine rings is 1. The maximum Gasteiger partial charge on any atom is 0.256 e. The van der Waals surface area contributed by atoms with E-state index in [1.165, 1.54) is 11.0 Å². The van der Waals surface area contributed by atoms with Crippen molar-refractivity contribution in [2.45, 2.75) is 25.8 Å². The molecule has 2 N–H and O–H groups in total. The van der Waals surface area contributed by atoms with Crippen LogP contribution in [0.4, 0.5) is 0 Å². The number of likely N-dealkylation sites (tertiary alicyclic amines) is 1. The summed E-state index contributed by atoms with van der Waals surface area (Å²) >= 11 is 0. The second kappa shape index (κ2) is 6.23. The fourth-order valence-electron chi connectivity index (χ4n) is 2.92. The van der Waals surface area contributed by atoms with Crippen molar-refractivity contribution in [2.75, 3.05) is 13.1 Å². The smallest absolute Gasteiger partial charge is 0.256 e. The second-order valence-corrected chi connectivity index (χ2v) is 5.78. The van der Waals surface area contributed by atoms with Crippen LogP contribution in [-0.4, -0.2) is 50.1 Å². The quantitative estimate of drug-likeness (QED) is 0.908. The zero-order chi connectivity index (χ0) is 15.5. The van der Waals surface area contributed by atoms with Gasteiger partial charge in [0.15, 0.2) is 0 Å². The summed E-state index contributed by atoms with van der Waals surface area (Å²) in [5.41, 5.74) is 7.31. The lowest BCUT2D eigenvalue weighted by atomic mass is 9.92. The van der Waals surface area contributed by atoms with E-state index in [-0.39, 0.29) is 11.9 Å². The number of benzene rings is 1. The topological polar surface area (TPSA) is 89.9 Å². The van der Waals surface area contributed by atoms with Crippen LogP contribution < -0.4 is 5.73 Å². The minimum Gasteiger partial charge on any atom is -0.338 e. The fourth-order valence-corrected chi connectivity index (χ4v) is 2.92. The van der Waals surface area contributed by atoms with E-state index in [9.17, 15) is 4.79 Å². The Morgan fingerprint density at radius 1 is 1.41 bits per heavy atom. The van der Waals surface area contributed by atoms with Gasteiger partial charge in [-0.1, -0.05) is 12.1 Å². The molecule has 1 saturated heterocycles. The number of rotatable bonds is 3. The highest BCUT2D eigenvalue weighted by Gasteiger charge is 2.27. The number of carbonyl (C=O) groups is 1. The van der Waals surface area contributed by atoms with Crippen molar-refractivity contribution >= 4 is 5.91 Å². The summed E-state index contributed by atoms with van der Waals surface area (Å²) in [5, 5.41) is 11.2. The van der Waals surface area contributed by atoms with Crippen molar-refractivity contribution in [1.82, 2.24) is 25.1 Å². The van der Waals surface area contributed by atoms with E-state index in [0.29, 0.717) is 23.7 Å². The van der Waals surface area contributed by atoms with E-state index in [1.807, 2.05) is 36.1 Å². The molecule has 0 bridgehead atoms. The van der Waals surface area contributed by atoms with Crippen LogP contribution in [0.1, 0.15) is 30.1 Å². The average Bonchev–Trinajstić information content (AvgIpc) is 3.08. The van der Waals surface area contributed by atoms with Gasteiger partial charge in [-0.15, -0.1) is 5.10 Å². The molecule has 3 rings (SSSR count). The lowest BCUT2D eigenvalue weighted by Gasteiger charge is -2.35. The lowest BCUT2D eigenvalue weighted by Crippen LogP contribution is -2.45. The molecule has 1 aliphatic heterocycles. The van der Waals surface area contributed by atoms with Gasteiger partial charge in [0.05, 0.1) is 11.3 Å². The third-order valence-corrected chi connectivity index (χ3v) is 4.22. The number of amides is 1. The van der Waals surface area contributed by atoms with Crippen LogP contribution in [-0.2, 0) is 0 Å². The van der Waals surface area contributed by atoms with E-state index in [2.05, 4.69) is 15.5 Å². The number of nitrogens with zero attached hydrogens (tertiary/aromatic N) is 5. The highest BCUT2D eigenvalue weighted by Crippen LogP contribution is 2.22. The zero-order valence-electron chi connectivity index (χ0n) is 12.6. The number of aromatic nitrogens is 4. The van der Waals surface area contributed by atoms with Gasteiger partial charge in [0.1, 0.15) is 6.33 Å². The minimum absolute atomic E-state index is 0.0106. The van der Waals surface area contributed by atoms with E-state index in [4.69, 9.17) is 5.73 Å². The Labute approximate surface area is 129 Å². The Kier molecular flexibility index (Phi) is 4.15. The number of carbonyl (C=O) groups excluding carboxylic acids is 1. The summed E-state index contributed by atoms with van der Waals surface area (Å²) in [6.45, 7) is 3.49. The normalized spacial score (nSPS) is 19.9. The number of tetrazole rings is 1. The van der Waals surface area contributed by atoms with E-state index >= 15 is 0 Å². The molecule has 1 aromatic carbocycles. The van der Waals surface area contributed by atoms with Crippen molar-refractivity contribution < 1.29 is 4.79 Å². The Morgan fingerprint density at radius 2 is 2.23 bits per heavy atom. The molecule has 2 unspecified atom stereocenters. The van der Waals surface area contributed by atoms with Crippen LogP contribution in [0.3, 0.4) is 0 Å². The molecule has 7 heteroatoms. The molecule has 2 aromatic rings. The van der Waals surface area contributed by atoms with Crippen LogP contribution in [0, 0.1) is 5.92 Å². The highest BCUT2D eigenvalue weighted by molar-refractivity contribution is 5.97. The molecule has 2 atom stereocenters. The van der Waals surface area contributed by atoms with Gasteiger partial charge in [-0.05, 0) is 48.2 Å². The first kappa shape index (κ1) is 14.6. The summed E-state index contributed by atoms with van der Waals surface area (Å²) in [5.74, 6) is 0.370. The molecule has 2 heterocycles. The fraction of sp³-hybridized carbons (Fsp3) is 0.467. The number of hydrogen-bond donors (Lipinski definition) is 1. The summed E-state index contributed by atoms with van der Waals surface area (Å²) in [7, 11) is 0. The molecule has 0 aliphatic carbocycles. The van der Waals surface area contributed by atoms with E-state index < -0.39 is 0 Å². The SMILES string of the molecule is CC(N)C1CCCN(C(=O)c2ccccc2-n2cnnn2)C1. The van der Waals surface area contributed by atoms with Crippen molar-refractivity contribution in [3.8, 4) is 5.69 Å². The molecular formula is C15H20N6O. The predicted octanol–water partition coefficient (Wildman–Crippen LogP) is 0.862. The van der Waals surface area contributed by atoms with Gasteiger partial charge >= 0.3 is 0 Å². The molecule has 0 saturated carbocycles. The number of para-hydroxylation sites is 1. The Hall–Kier alpha value is -2.28. The van der Waals surface area contributed by atoms with Crippen LogP contribution in [0.15, 0.2) is 30.6 Å². The minimum atomic E-state index is 0.0106. The summed E-state index contributed by atoms with van der Waals surface area (Å²) in [4.78, 5) is 14.8. The summed E-state index contributed by atoms with van der Waals surface area (Å²) in [6.07, 6.45) is 3.56. The van der Waals surface area contributed by atoms with Gasteiger partial charge in [-0.25, -0.2) is 0 Å². The third kappa shape index (κ3) is 2.85. The van der Waals surface area contributed by atoms with Crippen LogP contribution >= 0.6 is 0 Å². The van der Waals surface area contributed by atoms with Gasteiger partial charge in [0.2, 0.25) is 0 Å². The van der Waals surface area contributed by atoms with Gasteiger partial charge < -0.3 is 10.6 Å². The third-order valence-electron chi connectivity index (χ3n) is 4.22. The average molecular weight is 300 g/mol. The van der Waals surface area contributed by atoms with Crippen molar-refractivity contribution in [1.29, 1.82) is 0 Å². The molecule has 7 nitrogen and oxygen atoms in total. The standard InChI is InChI=1S/C15H20N6O/c1-11(16)12-5-4-8-20(9-12)15(22)13-6-2-3-7-14(13)21-10-17-18-19-21/h2-3,6-7,10-12H,4-5,8-9,16H2,1H3. The van der Waals surface area contributed by atoms with E-state index in [1.54, 1.807) is 0 Å². The first-order valence-corrected chi connectivity index (χ1v) is 7.54. The van der Waals surface area contributed by atoms with Crippen molar-refractivity contribution in [3.05, 3.63) is 36.2 Å². The van der Waals surface area contributed by atoms with Gasteiger partial charge in [0, 0.05) is 19.1 Å². The first-order valence-electron chi connectivity index (χ1n) is 7.54. The zero-order valence-corrected chi connectivity index (χ0v) is 12.6. The maximum atomic E-state index is 12.9. The molecule has 0 radical (unpaired) electrons.